The third-order valence-electron chi connectivity index (χ3n) is 4.74. The van der Waals surface area contributed by atoms with Crippen molar-refractivity contribution in [3.63, 3.8) is 0 Å². The van der Waals surface area contributed by atoms with E-state index in [1.165, 1.54) is 0 Å². The van der Waals surface area contributed by atoms with E-state index in [0.29, 0.717) is 5.69 Å². The number of pyridine rings is 1. The summed E-state index contributed by atoms with van der Waals surface area (Å²) in [5.41, 5.74) is 7.21. The number of hydrogen-bond donors (Lipinski definition) is 3. The van der Waals surface area contributed by atoms with Crippen LogP contribution < -0.4 is 21.9 Å². The Labute approximate surface area is 165 Å². The van der Waals surface area contributed by atoms with Crippen molar-refractivity contribution in [2.75, 3.05) is 11.1 Å². The van der Waals surface area contributed by atoms with Crippen molar-refractivity contribution < 1.29 is 14.4 Å². The number of nitrogens with one attached hydrogen (secondary N) is 2. The summed E-state index contributed by atoms with van der Waals surface area (Å²) in [5.74, 6) is -2.00. The number of anilines is 2. The molecule has 2 heterocycles. The lowest BCUT2D eigenvalue weighted by Crippen LogP contribution is -2.26. The van der Waals surface area contributed by atoms with E-state index in [-0.39, 0.29) is 28.2 Å². The predicted molar refractivity (Wildman–Crippen MR) is 107 cm³/mol. The minimum atomic E-state index is -0.682. The molecule has 2 aromatic carbocycles. The van der Waals surface area contributed by atoms with Gasteiger partial charge >= 0.3 is 0 Å². The molecule has 3 amide bonds. The molecule has 8 nitrogen and oxygen atoms in total. The first-order valence-corrected chi connectivity index (χ1v) is 8.76. The summed E-state index contributed by atoms with van der Waals surface area (Å²) in [4.78, 5) is 49.6. The Balaban J connectivity index is 1.85. The third-order valence-corrected chi connectivity index (χ3v) is 4.74. The third kappa shape index (κ3) is 2.96. The maximum absolute atomic E-state index is 12.9. The lowest BCUT2D eigenvalue weighted by molar-refractivity contribution is 0.0879. The van der Waals surface area contributed by atoms with Gasteiger partial charge in [-0.1, -0.05) is 30.3 Å². The zero-order chi connectivity index (χ0) is 20.7. The molecule has 0 unspecified atom stereocenters. The first kappa shape index (κ1) is 18.2. The topological polar surface area (TPSA) is 123 Å². The molecule has 0 atom stereocenters. The molecule has 1 aliphatic rings. The molecule has 4 N–H and O–H groups in total. The summed E-state index contributed by atoms with van der Waals surface area (Å²) in [7, 11) is 0. The molecule has 0 aliphatic carbocycles. The largest absolute Gasteiger partial charge is 0.384 e. The zero-order valence-electron chi connectivity index (χ0n) is 15.4. The molecule has 0 saturated heterocycles. The van der Waals surface area contributed by atoms with Crippen LogP contribution in [0.2, 0.25) is 0 Å². The highest BCUT2D eigenvalue weighted by Gasteiger charge is 2.32. The number of nitrogens with zero attached hydrogens (tertiary/aromatic N) is 1. The average molecular weight is 388 g/mol. The van der Waals surface area contributed by atoms with Gasteiger partial charge in [0.1, 0.15) is 5.82 Å². The summed E-state index contributed by atoms with van der Waals surface area (Å²) in [5, 5.41) is 4.93. The average Bonchev–Trinajstić information content (AvgIpc) is 2.97. The Bertz CT molecular complexity index is 1260. The first-order valence-electron chi connectivity index (χ1n) is 8.76. The van der Waals surface area contributed by atoms with Crippen LogP contribution >= 0.6 is 0 Å². The van der Waals surface area contributed by atoms with Crippen LogP contribution in [0.15, 0.2) is 59.4 Å². The fraction of sp³-hybridized carbons (Fsp3) is 0.0476. The smallest absolute Gasteiger partial charge is 0.262 e. The summed E-state index contributed by atoms with van der Waals surface area (Å²) < 4.78 is 1.06. The van der Waals surface area contributed by atoms with Crippen molar-refractivity contribution in [3.8, 4) is 5.69 Å². The molecule has 144 valence electrons. The fourth-order valence-corrected chi connectivity index (χ4v) is 3.29. The van der Waals surface area contributed by atoms with Crippen molar-refractivity contribution in [2.24, 2.45) is 0 Å². The van der Waals surface area contributed by atoms with Crippen LogP contribution in [0.5, 0.6) is 0 Å². The molecule has 0 radical (unpaired) electrons. The summed E-state index contributed by atoms with van der Waals surface area (Å²) >= 11 is 0. The van der Waals surface area contributed by atoms with Gasteiger partial charge < -0.3 is 11.1 Å². The van der Waals surface area contributed by atoms with Gasteiger partial charge in [-0.3, -0.25) is 29.1 Å². The highest BCUT2D eigenvalue weighted by Crippen LogP contribution is 2.25. The summed E-state index contributed by atoms with van der Waals surface area (Å²) in [6.45, 7) is 1.86. The molecule has 3 aromatic rings. The lowest BCUT2D eigenvalue weighted by Gasteiger charge is -2.16. The molecule has 0 fully saturated rings. The number of para-hydroxylation sites is 2. The van der Waals surface area contributed by atoms with E-state index in [9.17, 15) is 19.2 Å². The van der Waals surface area contributed by atoms with E-state index in [2.05, 4.69) is 10.6 Å². The van der Waals surface area contributed by atoms with E-state index in [1.807, 2.05) is 19.1 Å². The van der Waals surface area contributed by atoms with Crippen LogP contribution in [0, 0.1) is 6.92 Å². The Kier molecular flexibility index (Phi) is 4.23. The maximum Gasteiger partial charge on any atom is 0.262 e. The van der Waals surface area contributed by atoms with Crippen LogP contribution in [0.25, 0.3) is 5.69 Å². The Morgan fingerprint density at radius 3 is 2.45 bits per heavy atom. The highest BCUT2D eigenvalue weighted by atomic mass is 16.2. The fourth-order valence-electron chi connectivity index (χ4n) is 3.29. The van der Waals surface area contributed by atoms with Gasteiger partial charge in [0.15, 0.2) is 0 Å². The maximum atomic E-state index is 12.9. The number of nitrogens with two attached hydrogens (primary N) is 1. The van der Waals surface area contributed by atoms with E-state index < -0.39 is 23.3 Å². The summed E-state index contributed by atoms with van der Waals surface area (Å²) in [6, 6.07) is 14.7. The van der Waals surface area contributed by atoms with Gasteiger partial charge in [-0.25, -0.2) is 0 Å². The number of benzene rings is 2. The van der Waals surface area contributed by atoms with Crippen LogP contribution in [0.1, 0.15) is 36.6 Å². The van der Waals surface area contributed by atoms with Crippen LogP contribution in [0.4, 0.5) is 11.5 Å². The number of fused-ring (bicyclic) bond motifs is 1. The Morgan fingerprint density at radius 1 is 1.00 bits per heavy atom. The molecule has 0 saturated carbocycles. The van der Waals surface area contributed by atoms with Gasteiger partial charge in [0, 0.05) is 11.8 Å². The van der Waals surface area contributed by atoms with E-state index in [0.717, 1.165) is 16.2 Å². The second kappa shape index (κ2) is 6.75. The second-order valence-corrected chi connectivity index (χ2v) is 6.56. The normalized spacial score (nSPS) is 12.4. The Hall–Kier alpha value is -4.20. The number of aryl methyl sites for hydroxylation is 1. The SMILES string of the molecule is Cc1ccccc1NC(=O)c1ccccc1-n1c(N)c2c(cc1=O)C(=O)NC2=O. The number of nitrogen functional groups attached to an aromatic ring is 1. The van der Waals surface area contributed by atoms with Gasteiger partial charge in [0.05, 0.1) is 22.4 Å². The number of hydrogen-bond acceptors (Lipinski definition) is 5. The zero-order valence-corrected chi connectivity index (χ0v) is 15.4. The lowest BCUT2D eigenvalue weighted by atomic mass is 10.1. The van der Waals surface area contributed by atoms with Crippen molar-refractivity contribution in [3.05, 3.63) is 87.2 Å². The van der Waals surface area contributed by atoms with Gasteiger partial charge in [0.25, 0.3) is 23.3 Å². The molecule has 1 aromatic heterocycles. The number of carbonyl (C=O) groups is 3. The van der Waals surface area contributed by atoms with Gasteiger partial charge in [-0.2, -0.15) is 0 Å². The van der Waals surface area contributed by atoms with Crippen LogP contribution in [0.3, 0.4) is 0 Å². The molecule has 0 spiro atoms. The minimum absolute atomic E-state index is 0.0735. The van der Waals surface area contributed by atoms with Crippen LogP contribution in [-0.2, 0) is 0 Å². The number of amides is 3. The molecule has 29 heavy (non-hydrogen) atoms. The van der Waals surface area contributed by atoms with E-state index >= 15 is 0 Å². The number of imide groups is 1. The van der Waals surface area contributed by atoms with Gasteiger partial charge in [0.2, 0.25) is 0 Å². The van der Waals surface area contributed by atoms with Gasteiger partial charge in [-0.05, 0) is 30.7 Å². The minimum Gasteiger partial charge on any atom is -0.384 e. The van der Waals surface area contributed by atoms with E-state index in [1.54, 1.807) is 36.4 Å². The second-order valence-electron chi connectivity index (χ2n) is 6.56. The van der Waals surface area contributed by atoms with Crippen molar-refractivity contribution in [1.82, 2.24) is 9.88 Å². The number of rotatable bonds is 3. The van der Waals surface area contributed by atoms with Gasteiger partial charge in [-0.15, -0.1) is 0 Å². The highest BCUT2D eigenvalue weighted by molar-refractivity contribution is 6.23. The molecule has 1 aliphatic heterocycles. The molecule has 0 bridgehead atoms. The summed E-state index contributed by atoms with van der Waals surface area (Å²) in [6.07, 6.45) is 0. The standard InChI is InChI=1S/C21H16N4O4/c1-11-6-2-4-8-14(11)23-19(27)12-7-3-5-9-15(12)25-16(26)10-13-17(18(25)22)21(29)24-20(13)28/h2-10H,22H2,1H3,(H,23,27)(H,24,28,29). The predicted octanol–water partition coefficient (Wildman–Crippen LogP) is 1.86. The van der Waals surface area contributed by atoms with E-state index in [4.69, 9.17) is 5.73 Å². The van der Waals surface area contributed by atoms with Crippen molar-refractivity contribution in [1.29, 1.82) is 0 Å². The Morgan fingerprint density at radius 2 is 1.69 bits per heavy atom. The molecular formula is C21H16N4O4. The molecular weight excluding hydrogens is 372 g/mol. The number of carbonyl (C=O) groups excluding carboxylic acids is 3. The molecule has 8 heteroatoms. The molecule has 4 rings (SSSR count). The number of aromatic nitrogens is 1. The van der Waals surface area contributed by atoms with Crippen molar-refractivity contribution >= 4 is 29.2 Å². The first-order chi connectivity index (χ1) is 13.9. The van der Waals surface area contributed by atoms with Crippen LogP contribution in [-0.4, -0.2) is 22.3 Å². The quantitative estimate of drug-likeness (QED) is 0.591. The monoisotopic (exact) mass is 388 g/mol. The van der Waals surface area contributed by atoms with Crippen molar-refractivity contribution in [2.45, 2.75) is 6.92 Å².